The minimum absolute atomic E-state index is 0.166. The summed E-state index contributed by atoms with van der Waals surface area (Å²) < 4.78 is 11.5. The molecule has 2 heteroatoms. The Kier molecular flexibility index (Phi) is 3.22. The van der Waals surface area contributed by atoms with Crippen molar-refractivity contribution >= 4 is 0 Å². The molecule has 0 aromatic heterocycles. The van der Waals surface area contributed by atoms with Gasteiger partial charge in [-0.25, -0.2) is 0 Å². The van der Waals surface area contributed by atoms with Crippen molar-refractivity contribution in [1.29, 1.82) is 0 Å². The molecule has 0 aromatic carbocycles. The van der Waals surface area contributed by atoms with Crippen LogP contribution in [0.3, 0.4) is 0 Å². The summed E-state index contributed by atoms with van der Waals surface area (Å²) in [5, 5.41) is 0. The van der Waals surface area contributed by atoms with Crippen LogP contribution in [0.1, 0.15) is 27.2 Å². The fourth-order valence-corrected chi connectivity index (χ4v) is 3.04. The van der Waals surface area contributed by atoms with Crippen LogP contribution in [0.15, 0.2) is 24.3 Å². The summed E-state index contributed by atoms with van der Waals surface area (Å²) in [5.74, 6) is 1.15. The molecule has 0 aromatic rings. The Labute approximate surface area is 98.3 Å². The Balaban J connectivity index is 2.16. The van der Waals surface area contributed by atoms with Gasteiger partial charge in [-0.3, -0.25) is 0 Å². The van der Waals surface area contributed by atoms with Crippen LogP contribution in [0, 0.1) is 17.3 Å². The van der Waals surface area contributed by atoms with Gasteiger partial charge in [0.15, 0.2) is 6.29 Å². The summed E-state index contributed by atoms with van der Waals surface area (Å²) in [4.78, 5) is 0. The highest BCUT2D eigenvalue weighted by atomic mass is 16.7. The third kappa shape index (κ3) is 1.85. The van der Waals surface area contributed by atoms with E-state index in [4.69, 9.17) is 9.47 Å². The third-order valence-electron chi connectivity index (χ3n) is 4.28. The summed E-state index contributed by atoms with van der Waals surface area (Å²) in [7, 11) is 0. The van der Waals surface area contributed by atoms with E-state index in [-0.39, 0.29) is 11.7 Å². The average molecular weight is 222 g/mol. The standard InChI is InChI=1S/C14H22O2/c1-5-13-15-8-14(9-16-13)11(3)6-10(2)7-12(14)4/h5-6,11-13H,1,7-9H2,2-4H3/t11-,12-,13?,14?/m0/s1. The smallest absolute Gasteiger partial charge is 0.176 e. The predicted octanol–water partition coefficient (Wildman–Crippen LogP) is 3.15. The van der Waals surface area contributed by atoms with E-state index in [0.29, 0.717) is 11.8 Å². The fraction of sp³-hybridized carbons (Fsp3) is 0.714. The van der Waals surface area contributed by atoms with Gasteiger partial charge in [-0.2, -0.15) is 0 Å². The third-order valence-corrected chi connectivity index (χ3v) is 4.28. The lowest BCUT2D eigenvalue weighted by atomic mass is 9.63. The van der Waals surface area contributed by atoms with E-state index in [0.717, 1.165) is 19.6 Å². The molecule has 0 radical (unpaired) electrons. The molecular weight excluding hydrogens is 200 g/mol. The van der Waals surface area contributed by atoms with Crippen molar-refractivity contribution in [1.82, 2.24) is 0 Å². The molecule has 16 heavy (non-hydrogen) atoms. The van der Waals surface area contributed by atoms with Gasteiger partial charge in [0.05, 0.1) is 13.2 Å². The molecule has 1 spiro atoms. The monoisotopic (exact) mass is 222 g/mol. The van der Waals surface area contributed by atoms with Gasteiger partial charge in [-0.1, -0.05) is 32.1 Å². The first kappa shape index (κ1) is 11.9. The molecule has 0 saturated carbocycles. The number of hydrogen-bond donors (Lipinski definition) is 0. The Bertz CT molecular complexity index is 298. The summed E-state index contributed by atoms with van der Waals surface area (Å²) in [6, 6.07) is 0. The maximum atomic E-state index is 5.73. The quantitative estimate of drug-likeness (QED) is 0.634. The lowest BCUT2D eigenvalue weighted by Crippen LogP contribution is -2.50. The first-order valence-electron chi connectivity index (χ1n) is 6.11. The molecule has 0 amide bonds. The molecule has 0 N–H and O–H groups in total. The molecular formula is C14H22O2. The SMILES string of the molecule is C=CC1OCC2(CO1)[C@@H](C)C=C(C)C[C@@H]2C. The summed E-state index contributed by atoms with van der Waals surface area (Å²) in [6.07, 6.45) is 5.06. The summed E-state index contributed by atoms with van der Waals surface area (Å²) in [5.41, 5.74) is 1.66. The van der Waals surface area contributed by atoms with Crippen LogP contribution in [-0.2, 0) is 9.47 Å². The zero-order valence-corrected chi connectivity index (χ0v) is 10.5. The molecule has 1 saturated heterocycles. The zero-order chi connectivity index (χ0) is 11.8. The average Bonchev–Trinajstić information content (AvgIpc) is 2.27. The second kappa shape index (κ2) is 4.34. The van der Waals surface area contributed by atoms with Crippen LogP contribution in [0.2, 0.25) is 0 Å². The Morgan fingerprint density at radius 1 is 1.38 bits per heavy atom. The van der Waals surface area contributed by atoms with E-state index < -0.39 is 0 Å². The number of allylic oxidation sites excluding steroid dienone is 2. The van der Waals surface area contributed by atoms with Crippen molar-refractivity contribution < 1.29 is 9.47 Å². The van der Waals surface area contributed by atoms with E-state index in [1.165, 1.54) is 5.57 Å². The molecule has 1 aliphatic carbocycles. The maximum absolute atomic E-state index is 5.73. The lowest BCUT2D eigenvalue weighted by molar-refractivity contribution is -0.229. The highest BCUT2D eigenvalue weighted by Crippen LogP contribution is 2.46. The van der Waals surface area contributed by atoms with Gasteiger partial charge in [0.1, 0.15) is 0 Å². The van der Waals surface area contributed by atoms with E-state index in [1.807, 2.05) is 0 Å². The van der Waals surface area contributed by atoms with Gasteiger partial charge < -0.3 is 9.47 Å². The van der Waals surface area contributed by atoms with Crippen molar-refractivity contribution in [3.8, 4) is 0 Å². The minimum atomic E-state index is -0.211. The molecule has 0 bridgehead atoms. The summed E-state index contributed by atoms with van der Waals surface area (Å²) in [6.45, 7) is 12.1. The molecule has 1 aliphatic heterocycles. The number of ether oxygens (including phenoxy) is 2. The zero-order valence-electron chi connectivity index (χ0n) is 10.5. The van der Waals surface area contributed by atoms with Crippen LogP contribution >= 0.6 is 0 Å². The van der Waals surface area contributed by atoms with Gasteiger partial charge in [-0.15, -0.1) is 0 Å². The molecule has 90 valence electrons. The molecule has 1 fully saturated rings. The Morgan fingerprint density at radius 3 is 2.50 bits per heavy atom. The lowest BCUT2D eigenvalue weighted by Gasteiger charge is -2.49. The van der Waals surface area contributed by atoms with E-state index in [1.54, 1.807) is 6.08 Å². The summed E-state index contributed by atoms with van der Waals surface area (Å²) >= 11 is 0. The molecule has 0 unspecified atom stereocenters. The number of hydrogen-bond acceptors (Lipinski definition) is 2. The Morgan fingerprint density at radius 2 is 2.00 bits per heavy atom. The van der Waals surface area contributed by atoms with Crippen LogP contribution < -0.4 is 0 Å². The Hall–Kier alpha value is -0.600. The van der Waals surface area contributed by atoms with Crippen molar-refractivity contribution in [2.24, 2.45) is 17.3 Å². The predicted molar refractivity (Wildman–Crippen MR) is 65.0 cm³/mol. The van der Waals surface area contributed by atoms with Gasteiger partial charge >= 0.3 is 0 Å². The van der Waals surface area contributed by atoms with Crippen LogP contribution in [0.4, 0.5) is 0 Å². The van der Waals surface area contributed by atoms with Gasteiger partial charge in [0.25, 0.3) is 0 Å². The highest BCUT2D eigenvalue weighted by molar-refractivity contribution is 5.13. The molecule has 2 rings (SSSR count). The van der Waals surface area contributed by atoms with Crippen molar-refractivity contribution in [3.05, 3.63) is 24.3 Å². The first-order valence-corrected chi connectivity index (χ1v) is 6.11. The normalized spacial score (nSPS) is 44.2. The van der Waals surface area contributed by atoms with Gasteiger partial charge in [0, 0.05) is 5.41 Å². The maximum Gasteiger partial charge on any atom is 0.176 e. The minimum Gasteiger partial charge on any atom is -0.348 e. The molecule has 2 atom stereocenters. The number of rotatable bonds is 1. The van der Waals surface area contributed by atoms with E-state index >= 15 is 0 Å². The van der Waals surface area contributed by atoms with Crippen LogP contribution in [-0.4, -0.2) is 19.5 Å². The molecule has 2 nitrogen and oxygen atoms in total. The fourth-order valence-electron chi connectivity index (χ4n) is 3.04. The second-order valence-electron chi connectivity index (χ2n) is 5.37. The highest BCUT2D eigenvalue weighted by Gasteiger charge is 2.46. The van der Waals surface area contributed by atoms with Gasteiger partial charge in [0.2, 0.25) is 0 Å². The van der Waals surface area contributed by atoms with Crippen LogP contribution in [0.25, 0.3) is 0 Å². The largest absolute Gasteiger partial charge is 0.348 e. The van der Waals surface area contributed by atoms with Crippen molar-refractivity contribution in [2.45, 2.75) is 33.5 Å². The van der Waals surface area contributed by atoms with Crippen molar-refractivity contribution in [2.75, 3.05) is 13.2 Å². The van der Waals surface area contributed by atoms with E-state index in [9.17, 15) is 0 Å². The topological polar surface area (TPSA) is 18.5 Å². The van der Waals surface area contributed by atoms with Gasteiger partial charge in [-0.05, 0) is 31.3 Å². The molecule has 1 heterocycles. The van der Waals surface area contributed by atoms with Crippen molar-refractivity contribution in [3.63, 3.8) is 0 Å². The first-order chi connectivity index (χ1) is 7.58. The molecule has 2 aliphatic rings. The second-order valence-corrected chi connectivity index (χ2v) is 5.37. The van der Waals surface area contributed by atoms with Crippen LogP contribution in [0.5, 0.6) is 0 Å². The van der Waals surface area contributed by atoms with E-state index in [2.05, 4.69) is 33.4 Å².